The molecule has 0 radical (unpaired) electrons. The molecule has 4 amide bonds. The quantitative estimate of drug-likeness (QED) is 0.0469. The predicted octanol–water partition coefficient (Wildman–Crippen LogP) is 4.77. The Morgan fingerprint density at radius 3 is 2.29 bits per heavy atom. The summed E-state index contributed by atoms with van der Waals surface area (Å²) in [7, 11) is -3.06. The maximum atomic E-state index is 14.0. The number of carbonyl (C=O) groups is 6. The minimum atomic E-state index is -4.62. The number of aryl methyl sites for hydroxylation is 1. The van der Waals surface area contributed by atoms with Crippen molar-refractivity contribution in [2.45, 2.75) is 142 Å². The van der Waals surface area contributed by atoms with Crippen LogP contribution in [0.1, 0.15) is 116 Å². The van der Waals surface area contributed by atoms with Gasteiger partial charge in [-0.3, -0.25) is 37.8 Å². The van der Waals surface area contributed by atoms with Crippen LogP contribution >= 0.6 is 7.82 Å². The molecule has 1 unspecified atom stereocenters. The summed E-state index contributed by atoms with van der Waals surface area (Å²) in [6.45, 7) is 7.86. The topological polar surface area (TPSA) is 259 Å². The Morgan fingerprint density at radius 2 is 1.63 bits per heavy atom. The number of nitrogens with two attached hydrogens (primary N) is 1. The summed E-state index contributed by atoms with van der Waals surface area (Å²) in [6.07, 6.45) is 8.83. The third kappa shape index (κ3) is 20.8. The van der Waals surface area contributed by atoms with Crippen molar-refractivity contribution in [3.63, 3.8) is 0 Å². The number of nitrogens with zero attached hydrogens (tertiary/aromatic N) is 2. The number of methoxy groups -OCH3 is 1. The number of hydrogen-bond acceptors (Lipinski definition) is 12. The zero-order valence-electron chi connectivity index (χ0n) is 38.9. The number of rotatable bonds is 34. The van der Waals surface area contributed by atoms with Gasteiger partial charge in [-0.05, 0) is 63.9 Å². The number of Topliss-reactive ketones (excluding diaryl/α,β-unsaturated/α-hetero) is 2. The standard InChI is InChI=1S/C46H73N6O12P/c1-32(2)26-39(51-46(58)40-19-15-21-52(40)43(55)20-23-62-25-24-61-5)42(54)28-36(27-37-30-48-31-49-37)45(57)50-33(3)41(53)29-38(44(47)56)34(4)64-65(59,60)63-22-14-9-7-6-8-11-16-35-17-12-10-13-18-35/h10,12-13,17-18,30-34,36,38-40H,6-9,11,14-16,19-29H2,1-5H3,(H2,47,56)(H,48,49)(H,50,57)(H,51,58)(H,59,60)/t33-,34+,36+,38-,39-,40-/m0/s1. The Kier molecular flexibility index (Phi) is 24.8. The molecule has 19 heteroatoms. The van der Waals surface area contributed by atoms with Crippen molar-refractivity contribution >= 4 is 43.0 Å². The molecule has 1 aromatic heterocycles. The van der Waals surface area contributed by atoms with E-state index in [-0.39, 0.29) is 50.7 Å². The lowest BCUT2D eigenvalue weighted by Crippen LogP contribution is -2.52. The lowest BCUT2D eigenvalue weighted by Gasteiger charge is -2.28. The van der Waals surface area contributed by atoms with Crippen LogP contribution in [0, 0.1) is 17.8 Å². The summed E-state index contributed by atoms with van der Waals surface area (Å²) in [4.78, 5) is 99.4. The lowest BCUT2D eigenvalue weighted by atomic mass is 9.89. The van der Waals surface area contributed by atoms with Crippen LogP contribution in [0.15, 0.2) is 42.9 Å². The Hall–Kier alpha value is -4.32. The molecule has 0 bridgehead atoms. The van der Waals surface area contributed by atoms with Crippen LogP contribution in [0.2, 0.25) is 0 Å². The third-order valence-corrected chi connectivity index (χ3v) is 12.6. The molecule has 7 atom stereocenters. The van der Waals surface area contributed by atoms with E-state index in [9.17, 15) is 38.2 Å². The van der Waals surface area contributed by atoms with Gasteiger partial charge in [-0.1, -0.05) is 69.9 Å². The number of aromatic amines is 1. The van der Waals surface area contributed by atoms with E-state index in [2.05, 4.69) is 32.7 Å². The second-order valence-corrected chi connectivity index (χ2v) is 18.7. The highest BCUT2D eigenvalue weighted by Crippen LogP contribution is 2.46. The summed E-state index contributed by atoms with van der Waals surface area (Å²) in [5.41, 5.74) is 7.49. The molecule has 0 aliphatic carbocycles. The van der Waals surface area contributed by atoms with E-state index in [1.54, 1.807) is 7.11 Å². The average molecular weight is 933 g/mol. The van der Waals surface area contributed by atoms with E-state index in [0.717, 1.165) is 38.5 Å². The largest absolute Gasteiger partial charge is 0.472 e. The second-order valence-electron chi connectivity index (χ2n) is 17.3. The first-order valence-corrected chi connectivity index (χ1v) is 24.5. The maximum Gasteiger partial charge on any atom is 0.472 e. The minimum absolute atomic E-state index is 0.0149. The number of likely N-dealkylation sites (tertiary alicyclic amines) is 1. The van der Waals surface area contributed by atoms with Crippen molar-refractivity contribution in [3.05, 3.63) is 54.1 Å². The predicted molar refractivity (Wildman–Crippen MR) is 243 cm³/mol. The first-order valence-electron chi connectivity index (χ1n) is 23.0. The van der Waals surface area contributed by atoms with Gasteiger partial charge in [0.15, 0.2) is 11.6 Å². The molecule has 1 aliphatic rings. The number of nitrogens with one attached hydrogen (secondary N) is 3. The highest BCUT2D eigenvalue weighted by Gasteiger charge is 2.38. The number of phosphoric acid groups is 1. The van der Waals surface area contributed by atoms with Gasteiger partial charge in [0.2, 0.25) is 23.6 Å². The molecule has 2 heterocycles. The fourth-order valence-corrected chi connectivity index (χ4v) is 8.77. The molecule has 2 aromatic rings. The summed E-state index contributed by atoms with van der Waals surface area (Å²) in [6, 6.07) is 7.42. The van der Waals surface area contributed by atoms with Gasteiger partial charge in [0.05, 0.1) is 69.2 Å². The number of amides is 4. The number of carbonyl (C=O) groups excluding carboxylic acids is 6. The van der Waals surface area contributed by atoms with Crippen LogP contribution in [0.5, 0.6) is 0 Å². The van der Waals surface area contributed by atoms with Crippen molar-refractivity contribution in [1.29, 1.82) is 0 Å². The number of ether oxygens (including phenoxy) is 2. The maximum absolute atomic E-state index is 14.0. The summed E-state index contributed by atoms with van der Waals surface area (Å²) >= 11 is 0. The molecule has 1 fully saturated rings. The Balaban J connectivity index is 1.54. The van der Waals surface area contributed by atoms with Gasteiger partial charge in [0.1, 0.15) is 6.04 Å². The first kappa shape index (κ1) is 55.0. The first-order chi connectivity index (χ1) is 31.0. The van der Waals surface area contributed by atoms with E-state index < -0.39 is 79.6 Å². The number of benzene rings is 1. The zero-order chi connectivity index (χ0) is 47.8. The molecule has 65 heavy (non-hydrogen) atoms. The van der Waals surface area contributed by atoms with Gasteiger partial charge in [0, 0.05) is 44.8 Å². The zero-order valence-corrected chi connectivity index (χ0v) is 39.8. The van der Waals surface area contributed by atoms with E-state index in [1.165, 1.54) is 36.8 Å². The fourth-order valence-electron chi connectivity index (χ4n) is 7.78. The Morgan fingerprint density at radius 1 is 0.923 bits per heavy atom. The smallest absolute Gasteiger partial charge is 0.382 e. The highest BCUT2D eigenvalue weighted by molar-refractivity contribution is 7.47. The van der Waals surface area contributed by atoms with Crippen LogP contribution in [-0.2, 0) is 64.7 Å². The van der Waals surface area contributed by atoms with Crippen molar-refractivity contribution in [2.75, 3.05) is 40.1 Å². The van der Waals surface area contributed by atoms with E-state index in [1.807, 2.05) is 32.0 Å². The second kappa shape index (κ2) is 29.3. The Bertz CT molecular complexity index is 1820. The number of imidazole rings is 1. The number of hydrogen-bond donors (Lipinski definition) is 5. The Labute approximate surface area is 383 Å². The number of H-pyrrole nitrogens is 1. The molecule has 18 nitrogen and oxygen atoms in total. The molecular weight excluding hydrogens is 860 g/mol. The normalized spacial score (nSPS) is 17.2. The van der Waals surface area contributed by atoms with Crippen LogP contribution in [0.3, 0.4) is 0 Å². The van der Waals surface area contributed by atoms with Crippen LogP contribution in [0.25, 0.3) is 0 Å². The number of unbranched alkanes of at least 4 members (excludes halogenated alkanes) is 5. The van der Waals surface area contributed by atoms with Crippen molar-refractivity contribution in [1.82, 2.24) is 25.5 Å². The van der Waals surface area contributed by atoms with Crippen LogP contribution < -0.4 is 16.4 Å². The van der Waals surface area contributed by atoms with Crippen LogP contribution in [-0.4, -0.2) is 119 Å². The van der Waals surface area contributed by atoms with Gasteiger partial charge >= 0.3 is 7.82 Å². The molecule has 1 aromatic carbocycles. The molecule has 0 spiro atoms. The van der Waals surface area contributed by atoms with Gasteiger partial charge in [-0.2, -0.15) is 0 Å². The number of ketones is 2. The van der Waals surface area contributed by atoms with Gasteiger partial charge < -0.3 is 40.6 Å². The van der Waals surface area contributed by atoms with Crippen LogP contribution in [0.4, 0.5) is 0 Å². The van der Waals surface area contributed by atoms with Gasteiger partial charge in [-0.25, -0.2) is 9.55 Å². The minimum Gasteiger partial charge on any atom is -0.382 e. The molecule has 6 N–H and O–H groups in total. The number of primary amides is 1. The summed E-state index contributed by atoms with van der Waals surface area (Å²) in [5.74, 6) is -5.62. The summed E-state index contributed by atoms with van der Waals surface area (Å²) in [5, 5.41) is 5.53. The van der Waals surface area contributed by atoms with E-state index >= 15 is 0 Å². The van der Waals surface area contributed by atoms with E-state index in [0.29, 0.717) is 44.7 Å². The molecule has 364 valence electrons. The van der Waals surface area contributed by atoms with Crippen molar-refractivity contribution in [3.8, 4) is 0 Å². The number of aromatic nitrogens is 2. The van der Waals surface area contributed by atoms with E-state index in [4.69, 9.17) is 24.3 Å². The monoisotopic (exact) mass is 933 g/mol. The molecule has 1 aliphatic heterocycles. The van der Waals surface area contributed by atoms with Gasteiger partial charge in [0.25, 0.3) is 0 Å². The number of phosphoric ester groups is 1. The SMILES string of the molecule is COCCOCCC(=O)N1CCC[C@H]1C(=O)N[C@@H](CC(C)C)C(=O)C[C@@H](Cc1cnc[nH]1)C(=O)N[C@@H](C)C(=O)C[C@H](C(N)=O)[C@@H](C)OP(=O)(O)OCCCCCCCCc1ccccc1. The lowest BCUT2D eigenvalue weighted by molar-refractivity contribution is -0.140. The highest BCUT2D eigenvalue weighted by atomic mass is 31.2. The van der Waals surface area contributed by atoms with Gasteiger partial charge in [-0.15, -0.1) is 0 Å². The molecular formula is C46H73N6O12P. The molecule has 1 saturated heterocycles. The molecule has 0 saturated carbocycles. The fraction of sp³-hybridized carbons (Fsp3) is 0.674. The van der Waals surface area contributed by atoms with Crippen molar-refractivity contribution < 1.29 is 56.7 Å². The van der Waals surface area contributed by atoms with Crippen molar-refractivity contribution in [2.24, 2.45) is 23.5 Å². The average Bonchev–Trinajstić information content (AvgIpc) is 3.97. The molecule has 3 rings (SSSR count). The summed E-state index contributed by atoms with van der Waals surface area (Å²) < 4.78 is 33.6. The third-order valence-electron chi connectivity index (χ3n) is 11.5.